The van der Waals surface area contributed by atoms with E-state index in [1.165, 1.54) is 0 Å². The number of hydroxylamine groups is 2. The number of urea groups is 1. The number of carbonyl (C=O) groups is 1. The summed E-state index contributed by atoms with van der Waals surface area (Å²) in [5, 5.41) is 17.8. The van der Waals surface area contributed by atoms with Gasteiger partial charge in [0.2, 0.25) is 0 Å². The van der Waals surface area contributed by atoms with Crippen molar-refractivity contribution in [3.63, 3.8) is 0 Å². The Morgan fingerprint density at radius 3 is 3.30 bits per heavy atom. The van der Waals surface area contributed by atoms with Gasteiger partial charge in [0.1, 0.15) is 6.23 Å². The van der Waals surface area contributed by atoms with E-state index in [1.54, 1.807) is 11.3 Å². The Kier molecular flexibility index (Phi) is 6.22. The van der Waals surface area contributed by atoms with Crippen molar-refractivity contribution in [3.05, 3.63) is 22.4 Å². The van der Waals surface area contributed by atoms with Crippen LogP contribution < -0.4 is 10.6 Å². The molecule has 1 atom stereocenters. The summed E-state index contributed by atoms with van der Waals surface area (Å²) in [6.07, 6.45) is -0.405. The highest BCUT2D eigenvalue weighted by Gasteiger charge is 2.18. The minimum atomic E-state index is -0.585. The average molecular weight is 301 g/mol. The van der Waals surface area contributed by atoms with E-state index < -0.39 is 12.3 Å². The average Bonchev–Trinajstić information content (AvgIpc) is 2.97. The van der Waals surface area contributed by atoms with Gasteiger partial charge in [-0.15, -0.1) is 11.3 Å². The minimum Gasteiger partial charge on any atom is -0.374 e. The molecular weight excluding hydrogens is 282 g/mol. The van der Waals surface area contributed by atoms with Crippen LogP contribution >= 0.6 is 11.3 Å². The van der Waals surface area contributed by atoms with Gasteiger partial charge in [-0.05, 0) is 11.4 Å². The van der Waals surface area contributed by atoms with Crippen molar-refractivity contribution in [2.75, 3.05) is 32.8 Å². The highest BCUT2D eigenvalue weighted by molar-refractivity contribution is 7.09. The third kappa shape index (κ3) is 5.06. The Morgan fingerprint density at radius 1 is 1.70 bits per heavy atom. The molecular formula is C12H19N3O4S. The molecule has 0 saturated carbocycles. The molecule has 20 heavy (non-hydrogen) atoms. The lowest BCUT2D eigenvalue weighted by molar-refractivity contribution is -0.0703. The SMILES string of the molecule is O=C(NC1CNCCO1)N(O)CCOCc1cccs1. The van der Waals surface area contributed by atoms with Crippen LogP contribution in [0.2, 0.25) is 0 Å². The molecule has 0 aromatic carbocycles. The number of nitrogens with zero attached hydrogens (tertiary/aromatic N) is 1. The van der Waals surface area contributed by atoms with Crippen molar-refractivity contribution in [3.8, 4) is 0 Å². The van der Waals surface area contributed by atoms with Gasteiger partial charge in [-0.25, -0.2) is 9.86 Å². The zero-order valence-electron chi connectivity index (χ0n) is 11.1. The van der Waals surface area contributed by atoms with E-state index in [9.17, 15) is 10.0 Å². The maximum absolute atomic E-state index is 11.6. The molecule has 1 aliphatic rings. The van der Waals surface area contributed by atoms with Gasteiger partial charge in [-0.2, -0.15) is 0 Å². The summed E-state index contributed by atoms with van der Waals surface area (Å²) in [7, 11) is 0. The van der Waals surface area contributed by atoms with Crippen LogP contribution in [0.3, 0.4) is 0 Å². The molecule has 0 bridgehead atoms. The zero-order chi connectivity index (χ0) is 14.2. The first-order valence-electron chi connectivity index (χ1n) is 6.45. The maximum Gasteiger partial charge on any atom is 0.343 e. The summed E-state index contributed by atoms with van der Waals surface area (Å²) in [5.74, 6) is 0. The van der Waals surface area contributed by atoms with E-state index in [0.717, 1.165) is 11.4 Å². The highest BCUT2D eigenvalue weighted by Crippen LogP contribution is 2.09. The number of nitrogens with one attached hydrogen (secondary N) is 2. The van der Waals surface area contributed by atoms with Gasteiger partial charge in [0.05, 0.1) is 26.4 Å². The van der Waals surface area contributed by atoms with Crippen molar-refractivity contribution in [1.29, 1.82) is 0 Å². The van der Waals surface area contributed by atoms with E-state index >= 15 is 0 Å². The number of rotatable bonds is 6. The standard InChI is InChI=1S/C12H19N3O4S/c16-12(14-11-8-13-3-5-19-11)15(17)4-6-18-9-10-2-1-7-20-10/h1-2,7,11,13,17H,3-6,8-9H2,(H,14,16). The van der Waals surface area contributed by atoms with Crippen LogP contribution in [0, 0.1) is 0 Å². The van der Waals surface area contributed by atoms with Crippen molar-refractivity contribution in [2.45, 2.75) is 12.8 Å². The van der Waals surface area contributed by atoms with Gasteiger partial charge in [-0.1, -0.05) is 6.07 Å². The Hall–Kier alpha value is -1.19. The van der Waals surface area contributed by atoms with Crippen LogP contribution in [0.5, 0.6) is 0 Å². The predicted octanol–water partition coefficient (Wildman–Crippen LogP) is 0.611. The number of hydrogen-bond acceptors (Lipinski definition) is 6. The number of ether oxygens (including phenoxy) is 2. The first-order valence-corrected chi connectivity index (χ1v) is 7.33. The molecule has 8 heteroatoms. The first kappa shape index (κ1) is 15.2. The number of carbonyl (C=O) groups excluding carboxylic acids is 1. The van der Waals surface area contributed by atoms with Gasteiger partial charge in [-0.3, -0.25) is 5.21 Å². The van der Waals surface area contributed by atoms with Crippen molar-refractivity contribution in [2.24, 2.45) is 0 Å². The van der Waals surface area contributed by atoms with Gasteiger partial charge in [0, 0.05) is 18.0 Å². The van der Waals surface area contributed by atoms with Crippen molar-refractivity contribution < 1.29 is 19.5 Å². The molecule has 0 aliphatic carbocycles. The lowest BCUT2D eigenvalue weighted by Crippen LogP contribution is -2.52. The first-order chi connectivity index (χ1) is 9.75. The van der Waals surface area contributed by atoms with E-state index in [-0.39, 0.29) is 13.2 Å². The van der Waals surface area contributed by atoms with Gasteiger partial charge < -0.3 is 20.1 Å². The molecule has 1 aliphatic heterocycles. The molecule has 1 fully saturated rings. The van der Waals surface area contributed by atoms with E-state index in [1.807, 2.05) is 17.5 Å². The summed E-state index contributed by atoms with van der Waals surface area (Å²) < 4.78 is 10.7. The van der Waals surface area contributed by atoms with Crippen molar-refractivity contribution >= 4 is 17.4 Å². The fourth-order valence-electron chi connectivity index (χ4n) is 1.69. The zero-order valence-corrected chi connectivity index (χ0v) is 11.9. The Morgan fingerprint density at radius 2 is 2.60 bits per heavy atom. The monoisotopic (exact) mass is 301 g/mol. The summed E-state index contributed by atoms with van der Waals surface area (Å²) in [6, 6.07) is 3.34. The molecule has 1 saturated heterocycles. The van der Waals surface area contributed by atoms with Crippen LogP contribution in [0.1, 0.15) is 4.88 Å². The molecule has 0 spiro atoms. The van der Waals surface area contributed by atoms with Crippen LogP contribution in [-0.4, -0.2) is 55.4 Å². The third-order valence-corrected chi connectivity index (χ3v) is 3.57. The summed E-state index contributed by atoms with van der Waals surface area (Å²) in [4.78, 5) is 12.7. The fourth-order valence-corrected chi connectivity index (χ4v) is 2.33. The molecule has 3 N–H and O–H groups in total. The largest absolute Gasteiger partial charge is 0.374 e. The Labute approximate surface area is 121 Å². The normalized spacial score (nSPS) is 18.8. The molecule has 7 nitrogen and oxygen atoms in total. The quantitative estimate of drug-likeness (QED) is 0.407. The molecule has 1 aromatic heterocycles. The Bertz CT molecular complexity index is 395. The number of morpholine rings is 1. The second-order valence-corrected chi connectivity index (χ2v) is 5.30. The molecule has 2 rings (SSSR count). The topological polar surface area (TPSA) is 83.1 Å². The van der Waals surface area contributed by atoms with Crippen LogP contribution in [-0.2, 0) is 16.1 Å². The molecule has 0 radical (unpaired) electrons. The molecule has 2 amide bonds. The Balaban J connectivity index is 1.58. The third-order valence-electron chi connectivity index (χ3n) is 2.72. The van der Waals surface area contributed by atoms with Gasteiger partial charge in [0.15, 0.2) is 0 Å². The lowest BCUT2D eigenvalue weighted by Gasteiger charge is -2.26. The van der Waals surface area contributed by atoms with Crippen LogP contribution in [0.15, 0.2) is 17.5 Å². The summed E-state index contributed by atoms with van der Waals surface area (Å²) in [5.41, 5.74) is 0. The maximum atomic E-state index is 11.6. The minimum absolute atomic E-state index is 0.108. The lowest BCUT2D eigenvalue weighted by atomic mass is 10.4. The smallest absolute Gasteiger partial charge is 0.343 e. The van der Waals surface area contributed by atoms with Gasteiger partial charge >= 0.3 is 6.03 Å². The van der Waals surface area contributed by atoms with E-state index in [4.69, 9.17) is 9.47 Å². The van der Waals surface area contributed by atoms with E-state index in [2.05, 4.69) is 10.6 Å². The molecule has 112 valence electrons. The predicted molar refractivity (Wildman–Crippen MR) is 73.6 cm³/mol. The number of amides is 2. The fraction of sp³-hybridized carbons (Fsp3) is 0.583. The number of thiophene rings is 1. The summed E-state index contributed by atoms with van der Waals surface area (Å²) in [6.45, 7) is 2.71. The second kappa shape index (κ2) is 8.18. The van der Waals surface area contributed by atoms with Crippen molar-refractivity contribution in [1.82, 2.24) is 15.7 Å². The summed E-state index contributed by atoms with van der Waals surface area (Å²) >= 11 is 1.61. The van der Waals surface area contributed by atoms with Gasteiger partial charge in [0.25, 0.3) is 0 Å². The van der Waals surface area contributed by atoms with Crippen LogP contribution in [0.25, 0.3) is 0 Å². The second-order valence-electron chi connectivity index (χ2n) is 4.27. The highest BCUT2D eigenvalue weighted by atomic mass is 32.1. The van der Waals surface area contributed by atoms with Crippen LogP contribution in [0.4, 0.5) is 4.79 Å². The molecule has 1 unspecified atom stereocenters. The molecule has 2 heterocycles. The number of hydrogen-bond donors (Lipinski definition) is 3. The molecule has 1 aromatic rings. The van der Waals surface area contributed by atoms with E-state index in [0.29, 0.717) is 24.8 Å².